The smallest absolute Gasteiger partial charge is 0.262 e. The van der Waals surface area contributed by atoms with Crippen LogP contribution in [0.5, 0.6) is 0 Å². The SMILES string of the molecule is O=C(Nc1ccc(N2CCOCC2)nc1)c1cccc(S(=O)(=O)Nc2ccccc2F)c1. The number of sulfonamides is 1. The molecule has 2 N–H and O–H groups in total. The third-order valence-electron chi connectivity index (χ3n) is 4.87. The van der Waals surface area contributed by atoms with Gasteiger partial charge in [-0.2, -0.15) is 0 Å². The average molecular weight is 456 g/mol. The van der Waals surface area contributed by atoms with Crippen LogP contribution in [0.2, 0.25) is 0 Å². The molecule has 3 aromatic rings. The third-order valence-corrected chi connectivity index (χ3v) is 6.23. The molecule has 8 nitrogen and oxygen atoms in total. The van der Waals surface area contributed by atoms with Crippen LogP contribution in [-0.2, 0) is 14.8 Å². The normalized spacial score (nSPS) is 14.1. The van der Waals surface area contributed by atoms with Gasteiger partial charge in [0.1, 0.15) is 11.6 Å². The van der Waals surface area contributed by atoms with Crippen molar-refractivity contribution in [1.29, 1.82) is 0 Å². The molecule has 0 aliphatic carbocycles. The first-order valence-corrected chi connectivity index (χ1v) is 11.4. The van der Waals surface area contributed by atoms with Crippen molar-refractivity contribution in [2.24, 2.45) is 0 Å². The number of nitrogens with one attached hydrogen (secondary N) is 2. The number of halogens is 1. The molecule has 2 heterocycles. The lowest BCUT2D eigenvalue weighted by molar-refractivity contribution is 0.102. The van der Waals surface area contributed by atoms with Crippen molar-refractivity contribution >= 4 is 33.1 Å². The molecule has 1 saturated heterocycles. The van der Waals surface area contributed by atoms with Crippen LogP contribution in [0.1, 0.15) is 10.4 Å². The van der Waals surface area contributed by atoms with E-state index in [4.69, 9.17) is 4.74 Å². The standard InChI is InChI=1S/C22H21FN4O4S/c23-19-6-1-2-7-20(19)26-32(29,30)18-5-3-4-16(14-18)22(28)25-17-8-9-21(24-15-17)27-10-12-31-13-11-27/h1-9,14-15,26H,10-13H2,(H,25,28). The fraction of sp³-hybridized carbons (Fsp3) is 0.182. The van der Waals surface area contributed by atoms with Gasteiger partial charge in [0.25, 0.3) is 15.9 Å². The highest BCUT2D eigenvalue weighted by Crippen LogP contribution is 2.21. The Balaban J connectivity index is 1.47. The van der Waals surface area contributed by atoms with Gasteiger partial charge in [0, 0.05) is 18.7 Å². The average Bonchev–Trinajstić information content (AvgIpc) is 2.82. The van der Waals surface area contributed by atoms with Gasteiger partial charge in [-0.1, -0.05) is 18.2 Å². The number of morpholine rings is 1. The van der Waals surface area contributed by atoms with Crippen molar-refractivity contribution in [1.82, 2.24) is 4.98 Å². The number of hydrogen-bond acceptors (Lipinski definition) is 6. The molecule has 1 aliphatic rings. The summed E-state index contributed by atoms with van der Waals surface area (Å²) >= 11 is 0. The number of benzene rings is 2. The number of nitrogens with zero attached hydrogens (tertiary/aromatic N) is 2. The fourth-order valence-electron chi connectivity index (χ4n) is 3.19. The number of carbonyl (C=O) groups excluding carboxylic acids is 1. The Morgan fingerprint density at radius 2 is 1.81 bits per heavy atom. The van der Waals surface area contributed by atoms with E-state index in [0.29, 0.717) is 18.9 Å². The number of hydrogen-bond donors (Lipinski definition) is 2. The maximum atomic E-state index is 13.8. The number of anilines is 3. The van der Waals surface area contributed by atoms with Crippen LogP contribution in [0.3, 0.4) is 0 Å². The summed E-state index contributed by atoms with van der Waals surface area (Å²) in [6, 6.07) is 14.5. The Morgan fingerprint density at radius 1 is 1.03 bits per heavy atom. The molecule has 0 atom stereocenters. The van der Waals surface area contributed by atoms with Crippen molar-refractivity contribution in [3.05, 3.63) is 78.2 Å². The number of carbonyl (C=O) groups is 1. The molecule has 0 radical (unpaired) electrons. The topological polar surface area (TPSA) is 101 Å². The zero-order valence-corrected chi connectivity index (χ0v) is 17.8. The first kappa shape index (κ1) is 21.7. The fourth-order valence-corrected chi connectivity index (χ4v) is 4.31. The van der Waals surface area contributed by atoms with Gasteiger partial charge in [-0.05, 0) is 42.5 Å². The van der Waals surface area contributed by atoms with Crippen molar-refractivity contribution in [2.75, 3.05) is 41.2 Å². The highest BCUT2D eigenvalue weighted by atomic mass is 32.2. The minimum atomic E-state index is -4.08. The predicted molar refractivity (Wildman–Crippen MR) is 119 cm³/mol. The van der Waals surface area contributed by atoms with Crippen LogP contribution in [0.15, 0.2) is 71.8 Å². The molecule has 1 fully saturated rings. The number of rotatable bonds is 6. The summed E-state index contributed by atoms with van der Waals surface area (Å²) in [6.07, 6.45) is 1.54. The largest absolute Gasteiger partial charge is 0.378 e. The van der Waals surface area contributed by atoms with E-state index < -0.39 is 21.7 Å². The monoisotopic (exact) mass is 456 g/mol. The van der Waals surface area contributed by atoms with Gasteiger partial charge in [0.05, 0.1) is 35.7 Å². The number of aromatic nitrogens is 1. The van der Waals surface area contributed by atoms with E-state index in [0.717, 1.165) is 25.0 Å². The molecular formula is C22H21FN4O4S. The second-order valence-corrected chi connectivity index (χ2v) is 8.75. The van der Waals surface area contributed by atoms with Crippen molar-refractivity contribution in [2.45, 2.75) is 4.90 Å². The maximum Gasteiger partial charge on any atom is 0.262 e. The van der Waals surface area contributed by atoms with Gasteiger partial charge in [-0.25, -0.2) is 17.8 Å². The van der Waals surface area contributed by atoms with Crippen LogP contribution in [-0.4, -0.2) is 45.6 Å². The maximum absolute atomic E-state index is 13.8. The van der Waals surface area contributed by atoms with Crippen molar-refractivity contribution in [3.63, 3.8) is 0 Å². The second-order valence-electron chi connectivity index (χ2n) is 7.07. The first-order valence-electron chi connectivity index (χ1n) is 9.90. The molecule has 0 spiro atoms. The summed E-state index contributed by atoms with van der Waals surface area (Å²) in [5.41, 5.74) is 0.442. The van der Waals surface area contributed by atoms with Crippen LogP contribution in [0, 0.1) is 5.82 Å². The van der Waals surface area contributed by atoms with Gasteiger partial charge in [0.15, 0.2) is 0 Å². The summed E-state index contributed by atoms with van der Waals surface area (Å²) in [5.74, 6) is -0.398. The Labute approximate surface area is 185 Å². The summed E-state index contributed by atoms with van der Waals surface area (Å²) in [7, 11) is -4.08. The number of ether oxygens (including phenoxy) is 1. The van der Waals surface area contributed by atoms with E-state index in [1.165, 1.54) is 42.5 Å². The van der Waals surface area contributed by atoms with E-state index in [1.807, 2.05) is 0 Å². The first-order chi connectivity index (χ1) is 15.4. The molecule has 2 aromatic carbocycles. The molecule has 4 rings (SSSR count). The molecule has 166 valence electrons. The van der Waals surface area contributed by atoms with Crippen LogP contribution in [0.25, 0.3) is 0 Å². The Bertz CT molecular complexity index is 1210. The highest BCUT2D eigenvalue weighted by Gasteiger charge is 2.18. The van der Waals surface area contributed by atoms with Crippen molar-refractivity contribution < 1.29 is 22.3 Å². The van der Waals surface area contributed by atoms with Gasteiger partial charge in [-0.15, -0.1) is 0 Å². The van der Waals surface area contributed by atoms with E-state index in [-0.39, 0.29) is 16.1 Å². The van der Waals surface area contributed by atoms with Gasteiger partial charge < -0.3 is 15.0 Å². The number of amides is 1. The van der Waals surface area contributed by atoms with E-state index >= 15 is 0 Å². The lowest BCUT2D eigenvalue weighted by Crippen LogP contribution is -2.36. The van der Waals surface area contributed by atoms with E-state index in [2.05, 4.69) is 19.9 Å². The second kappa shape index (κ2) is 9.33. The summed E-state index contributed by atoms with van der Waals surface area (Å²) < 4.78 is 46.6. The van der Waals surface area contributed by atoms with Crippen LogP contribution in [0.4, 0.5) is 21.6 Å². The third kappa shape index (κ3) is 5.04. The summed E-state index contributed by atoms with van der Waals surface area (Å²) in [5, 5.41) is 2.71. The molecular weight excluding hydrogens is 435 g/mol. The summed E-state index contributed by atoms with van der Waals surface area (Å²) in [4.78, 5) is 19.0. The molecule has 0 saturated carbocycles. The van der Waals surface area contributed by atoms with Crippen LogP contribution >= 0.6 is 0 Å². The minimum Gasteiger partial charge on any atom is -0.378 e. The zero-order valence-electron chi connectivity index (χ0n) is 17.0. The van der Waals surface area contributed by atoms with Gasteiger partial charge in [0.2, 0.25) is 0 Å². The molecule has 0 unspecified atom stereocenters. The molecule has 1 aliphatic heterocycles. The lowest BCUT2D eigenvalue weighted by Gasteiger charge is -2.27. The Hall–Kier alpha value is -3.50. The van der Waals surface area contributed by atoms with E-state index in [1.54, 1.807) is 18.3 Å². The summed E-state index contributed by atoms with van der Waals surface area (Å²) in [6.45, 7) is 2.79. The number of para-hydroxylation sites is 1. The molecule has 1 amide bonds. The number of pyridine rings is 1. The quantitative estimate of drug-likeness (QED) is 0.591. The Morgan fingerprint density at radius 3 is 2.53 bits per heavy atom. The highest BCUT2D eigenvalue weighted by molar-refractivity contribution is 7.92. The molecule has 32 heavy (non-hydrogen) atoms. The molecule has 0 bridgehead atoms. The molecule has 10 heteroatoms. The molecule has 1 aromatic heterocycles. The lowest BCUT2D eigenvalue weighted by atomic mass is 10.2. The predicted octanol–water partition coefficient (Wildman–Crippen LogP) is 3.11. The minimum absolute atomic E-state index is 0.138. The zero-order chi connectivity index (χ0) is 22.6. The van der Waals surface area contributed by atoms with E-state index in [9.17, 15) is 17.6 Å². The van der Waals surface area contributed by atoms with Gasteiger partial charge in [-0.3, -0.25) is 9.52 Å². The van der Waals surface area contributed by atoms with Gasteiger partial charge >= 0.3 is 0 Å². The Kier molecular flexibility index (Phi) is 6.33. The van der Waals surface area contributed by atoms with Crippen molar-refractivity contribution in [3.8, 4) is 0 Å². The van der Waals surface area contributed by atoms with Crippen LogP contribution < -0.4 is 14.9 Å².